The number of unbranched alkanes of at least 4 members (excludes halogenated alkanes) is 9. The number of piperazine rings is 1. The third-order valence-electron chi connectivity index (χ3n) is 6.27. The van der Waals surface area contributed by atoms with Crippen LogP contribution in [0.3, 0.4) is 0 Å². The summed E-state index contributed by atoms with van der Waals surface area (Å²) in [6, 6.07) is 8.02. The second-order valence-corrected chi connectivity index (χ2v) is 8.67. The number of quaternary nitrogens is 1. The number of carbonyl (C=O) groups is 1. The van der Waals surface area contributed by atoms with Crippen LogP contribution in [0, 0.1) is 0 Å². The van der Waals surface area contributed by atoms with Crippen molar-refractivity contribution in [3.05, 3.63) is 29.8 Å². The Morgan fingerprint density at radius 2 is 1.36 bits per heavy atom. The topological polar surface area (TPSA) is 20.3 Å². The Bertz CT molecular complexity index is 524. The van der Waals surface area contributed by atoms with E-state index in [1.807, 2.05) is 12.1 Å². The van der Waals surface area contributed by atoms with Gasteiger partial charge >= 0.3 is 0 Å². The number of carbonyl (C=O) groups excluding carboxylic acids is 1. The number of aldehydes is 1. The van der Waals surface area contributed by atoms with E-state index in [0.717, 1.165) is 24.9 Å². The standard InChI is InChI=1S/C24H41N2O.BrH/c1-3-4-5-6-7-8-9-10-11-12-19-26(2)20-17-25(18-21-26)24-15-13-23(22-27)14-16-24;/h13-16,22H,3-12,17-21H2,1-2H3;1H/q+1;/p-1. The van der Waals surface area contributed by atoms with Gasteiger partial charge in [0.25, 0.3) is 0 Å². The van der Waals surface area contributed by atoms with Crippen molar-refractivity contribution in [3.63, 3.8) is 0 Å². The number of rotatable bonds is 13. The third kappa shape index (κ3) is 9.09. The van der Waals surface area contributed by atoms with E-state index in [9.17, 15) is 4.79 Å². The highest BCUT2D eigenvalue weighted by atomic mass is 79.9. The van der Waals surface area contributed by atoms with Gasteiger partial charge < -0.3 is 26.4 Å². The monoisotopic (exact) mass is 452 g/mol. The van der Waals surface area contributed by atoms with Crippen LogP contribution >= 0.6 is 0 Å². The lowest BCUT2D eigenvalue weighted by atomic mass is 10.1. The van der Waals surface area contributed by atoms with Crippen LogP contribution in [0.2, 0.25) is 0 Å². The molecule has 1 saturated heterocycles. The first-order valence-electron chi connectivity index (χ1n) is 11.3. The van der Waals surface area contributed by atoms with E-state index < -0.39 is 0 Å². The van der Waals surface area contributed by atoms with Crippen molar-refractivity contribution in [2.75, 3.05) is 44.7 Å². The van der Waals surface area contributed by atoms with Crippen LogP contribution in [0.4, 0.5) is 5.69 Å². The highest BCUT2D eigenvalue weighted by Crippen LogP contribution is 2.20. The van der Waals surface area contributed by atoms with Crippen LogP contribution in [0.15, 0.2) is 24.3 Å². The molecule has 0 bridgehead atoms. The quantitative estimate of drug-likeness (QED) is 0.260. The first kappa shape index (κ1) is 25.2. The molecular weight excluding hydrogens is 412 g/mol. The maximum Gasteiger partial charge on any atom is 0.150 e. The van der Waals surface area contributed by atoms with Gasteiger partial charge in [-0.05, 0) is 37.1 Å². The molecule has 0 saturated carbocycles. The molecule has 160 valence electrons. The van der Waals surface area contributed by atoms with Crippen LogP contribution in [0.5, 0.6) is 0 Å². The zero-order valence-corrected chi connectivity index (χ0v) is 19.8. The van der Waals surface area contributed by atoms with Gasteiger partial charge in [0.05, 0.1) is 39.8 Å². The summed E-state index contributed by atoms with van der Waals surface area (Å²) in [7, 11) is 2.43. The normalized spacial score (nSPS) is 15.9. The van der Waals surface area contributed by atoms with Gasteiger partial charge in [0.1, 0.15) is 6.29 Å². The van der Waals surface area contributed by atoms with E-state index in [1.54, 1.807) is 0 Å². The van der Waals surface area contributed by atoms with Crippen LogP contribution in [0.25, 0.3) is 0 Å². The Kier molecular flexibility index (Phi) is 12.7. The first-order valence-corrected chi connectivity index (χ1v) is 11.3. The predicted molar refractivity (Wildman–Crippen MR) is 117 cm³/mol. The van der Waals surface area contributed by atoms with Crippen LogP contribution in [-0.4, -0.2) is 50.5 Å². The van der Waals surface area contributed by atoms with Gasteiger partial charge in [0.2, 0.25) is 0 Å². The molecule has 1 aromatic rings. The second kappa shape index (κ2) is 14.2. The molecule has 0 spiro atoms. The maximum absolute atomic E-state index is 10.8. The Hall–Kier alpha value is -0.870. The molecule has 2 rings (SSSR count). The summed E-state index contributed by atoms with van der Waals surface area (Å²) in [6.45, 7) is 8.31. The zero-order valence-electron chi connectivity index (χ0n) is 18.2. The van der Waals surface area contributed by atoms with Crippen molar-refractivity contribution in [2.24, 2.45) is 0 Å². The van der Waals surface area contributed by atoms with Crippen molar-refractivity contribution < 1.29 is 26.3 Å². The summed E-state index contributed by atoms with van der Waals surface area (Å²) in [5, 5.41) is 0. The van der Waals surface area contributed by atoms with Gasteiger partial charge in [0.15, 0.2) is 0 Å². The lowest BCUT2D eigenvalue weighted by Crippen LogP contribution is -3.00. The summed E-state index contributed by atoms with van der Waals surface area (Å²) in [5.74, 6) is 0. The minimum Gasteiger partial charge on any atom is -1.00 e. The largest absolute Gasteiger partial charge is 1.00 e. The average Bonchev–Trinajstić information content (AvgIpc) is 2.70. The van der Waals surface area contributed by atoms with Crippen molar-refractivity contribution >= 4 is 12.0 Å². The number of nitrogens with zero attached hydrogens (tertiary/aromatic N) is 2. The highest BCUT2D eigenvalue weighted by Gasteiger charge is 2.28. The minimum atomic E-state index is 0. The summed E-state index contributed by atoms with van der Waals surface area (Å²) in [5.41, 5.74) is 2.02. The molecule has 28 heavy (non-hydrogen) atoms. The van der Waals surface area contributed by atoms with Crippen molar-refractivity contribution in [2.45, 2.75) is 71.1 Å². The van der Waals surface area contributed by atoms with Crippen LogP contribution in [-0.2, 0) is 0 Å². The SMILES string of the molecule is CCCCCCCCCCCC[N+]1(C)CCN(c2ccc(C=O)cc2)CC1.[Br-]. The molecule has 0 radical (unpaired) electrons. The fourth-order valence-electron chi connectivity index (χ4n) is 4.17. The van der Waals surface area contributed by atoms with Crippen LogP contribution in [0.1, 0.15) is 81.5 Å². The van der Waals surface area contributed by atoms with Gasteiger partial charge in [-0.3, -0.25) is 4.79 Å². The van der Waals surface area contributed by atoms with Gasteiger partial charge in [-0.2, -0.15) is 0 Å². The van der Waals surface area contributed by atoms with E-state index in [0.29, 0.717) is 0 Å². The van der Waals surface area contributed by atoms with Gasteiger partial charge in [-0.25, -0.2) is 0 Å². The molecule has 0 N–H and O–H groups in total. The minimum absolute atomic E-state index is 0. The molecule has 0 atom stereocenters. The fraction of sp³-hybridized carbons (Fsp3) is 0.708. The predicted octanol–water partition coefficient (Wildman–Crippen LogP) is 2.69. The van der Waals surface area contributed by atoms with E-state index in [2.05, 4.69) is 31.0 Å². The molecular formula is C24H41BrN2O. The number of anilines is 1. The molecule has 0 aliphatic carbocycles. The number of halogens is 1. The molecule has 1 aliphatic rings. The summed E-state index contributed by atoms with van der Waals surface area (Å²) < 4.78 is 1.22. The Labute approximate surface area is 183 Å². The smallest absolute Gasteiger partial charge is 0.150 e. The molecule has 1 heterocycles. The Morgan fingerprint density at radius 3 is 1.86 bits per heavy atom. The first-order chi connectivity index (χ1) is 13.2. The average molecular weight is 454 g/mol. The highest BCUT2D eigenvalue weighted by molar-refractivity contribution is 5.75. The molecule has 4 heteroatoms. The van der Waals surface area contributed by atoms with E-state index in [1.165, 1.54) is 94.0 Å². The Balaban J connectivity index is 0.00000392. The second-order valence-electron chi connectivity index (χ2n) is 8.67. The van der Waals surface area contributed by atoms with Gasteiger partial charge in [-0.15, -0.1) is 0 Å². The number of hydrogen-bond acceptors (Lipinski definition) is 2. The molecule has 3 nitrogen and oxygen atoms in total. The molecule has 1 aromatic carbocycles. The van der Waals surface area contributed by atoms with Crippen molar-refractivity contribution in [1.82, 2.24) is 0 Å². The van der Waals surface area contributed by atoms with Gasteiger partial charge in [0, 0.05) is 11.3 Å². The zero-order chi connectivity index (χ0) is 19.4. The van der Waals surface area contributed by atoms with E-state index in [-0.39, 0.29) is 17.0 Å². The molecule has 0 unspecified atom stereocenters. The van der Waals surface area contributed by atoms with Crippen LogP contribution < -0.4 is 21.9 Å². The van der Waals surface area contributed by atoms with Crippen molar-refractivity contribution in [1.29, 1.82) is 0 Å². The number of hydrogen-bond donors (Lipinski definition) is 0. The maximum atomic E-state index is 10.8. The van der Waals surface area contributed by atoms with E-state index in [4.69, 9.17) is 0 Å². The lowest BCUT2D eigenvalue weighted by molar-refractivity contribution is -0.910. The Morgan fingerprint density at radius 1 is 0.857 bits per heavy atom. The molecule has 1 aliphatic heterocycles. The number of benzene rings is 1. The third-order valence-corrected chi connectivity index (χ3v) is 6.27. The molecule has 0 aromatic heterocycles. The summed E-state index contributed by atoms with van der Waals surface area (Å²) in [6.07, 6.45) is 15.1. The summed E-state index contributed by atoms with van der Waals surface area (Å²) in [4.78, 5) is 13.3. The summed E-state index contributed by atoms with van der Waals surface area (Å²) >= 11 is 0. The molecule has 1 fully saturated rings. The van der Waals surface area contributed by atoms with E-state index >= 15 is 0 Å². The van der Waals surface area contributed by atoms with Crippen molar-refractivity contribution in [3.8, 4) is 0 Å². The lowest BCUT2D eigenvalue weighted by Gasteiger charge is -2.43. The molecule has 0 amide bonds. The van der Waals surface area contributed by atoms with Gasteiger partial charge in [-0.1, -0.05) is 58.3 Å². The number of likely N-dealkylation sites (N-methyl/N-ethyl adjacent to an activating group) is 1. The fourth-order valence-corrected chi connectivity index (χ4v) is 4.17.